The predicted molar refractivity (Wildman–Crippen MR) is 130 cm³/mol. The number of benzene rings is 3. The van der Waals surface area contributed by atoms with Crippen LogP contribution < -0.4 is 5.73 Å². The molecule has 3 rings (SSSR count). The summed E-state index contributed by atoms with van der Waals surface area (Å²) in [6.45, 7) is 1.74. The Hall–Kier alpha value is -3.30. The summed E-state index contributed by atoms with van der Waals surface area (Å²) in [4.78, 5) is 24.6. The van der Waals surface area contributed by atoms with Crippen LogP contribution in [0.1, 0.15) is 31.8 Å². The van der Waals surface area contributed by atoms with Crippen molar-refractivity contribution in [2.24, 2.45) is 11.7 Å². The van der Waals surface area contributed by atoms with Crippen molar-refractivity contribution in [3.05, 3.63) is 101 Å². The van der Waals surface area contributed by atoms with Crippen LogP contribution in [0, 0.1) is 12.8 Å². The zero-order valence-corrected chi connectivity index (χ0v) is 20.2. The number of Topliss-reactive ketones (excluding diaryl/α,β-unsaturated/α-hetero) is 1. The maximum absolute atomic E-state index is 13.3. The topological polar surface area (TPSA) is 128 Å². The smallest absolute Gasteiger partial charge is 0.248 e. The molecule has 9 heteroatoms. The molecule has 0 aromatic heterocycles. The first-order valence-electron chi connectivity index (χ1n) is 10.4. The highest BCUT2D eigenvalue weighted by molar-refractivity contribution is 7.92. The minimum Gasteiger partial charge on any atom is -0.366 e. The van der Waals surface area contributed by atoms with Gasteiger partial charge in [-0.3, -0.25) is 9.59 Å². The van der Waals surface area contributed by atoms with Crippen molar-refractivity contribution in [2.45, 2.75) is 17.6 Å². The van der Waals surface area contributed by atoms with Gasteiger partial charge in [0.25, 0.3) is 0 Å². The van der Waals surface area contributed by atoms with Crippen LogP contribution in [0.4, 0.5) is 0 Å². The van der Waals surface area contributed by atoms with Gasteiger partial charge in [0.2, 0.25) is 5.91 Å². The maximum Gasteiger partial charge on any atom is 0.248 e. The third kappa shape index (κ3) is 6.61. The van der Waals surface area contributed by atoms with Crippen LogP contribution in [0.25, 0.3) is 0 Å². The van der Waals surface area contributed by atoms with Crippen molar-refractivity contribution in [1.82, 2.24) is 0 Å². The van der Waals surface area contributed by atoms with Crippen LogP contribution in [0.2, 0.25) is 0 Å². The summed E-state index contributed by atoms with van der Waals surface area (Å²) in [6.07, 6.45) is 0. The van der Waals surface area contributed by atoms with E-state index in [2.05, 4.69) is 0 Å². The molecule has 2 N–H and O–H groups in total. The van der Waals surface area contributed by atoms with Crippen LogP contribution in [-0.2, 0) is 25.4 Å². The fraction of sp³-hybridized carbons (Fsp3) is 0.200. The van der Waals surface area contributed by atoms with Gasteiger partial charge in [-0.25, -0.2) is 16.8 Å². The predicted octanol–water partition coefficient (Wildman–Crippen LogP) is 2.98. The van der Waals surface area contributed by atoms with Gasteiger partial charge in [-0.1, -0.05) is 54.6 Å². The molecular formula is C25H25NO6S2. The quantitative estimate of drug-likeness (QED) is 0.427. The molecule has 0 fully saturated rings. The van der Waals surface area contributed by atoms with Crippen LogP contribution >= 0.6 is 0 Å². The minimum absolute atomic E-state index is 0.0230. The lowest BCUT2D eigenvalue weighted by molar-refractivity contribution is 0.0939. The van der Waals surface area contributed by atoms with Gasteiger partial charge >= 0.3 is 0 Å². The highest BCUT2D eigenvalue weighted by Crippen LogP contribution is 2.22. The molecule has 0 bridgehead atoms. The molecule has 178 valence electrons. The molecule has 0 heterocycles. The molecule has 0 aliphatic rings. The van der Waals surface area contributed by atoms with Gasteiger partial charge in [-0.2, -0.15) is 0 Å². The number of hydrogen-bond acceptors (Lipinski definition) is 6. The van der Waals surface area contributed by atoms with Crippen LogP contribution in [-0.4, -0.2) is 40.0 Å². The minimum atomic E-state index is -3.96. The fourth-order valence-corrected chi connectivity index (χ4v) is 7.09. The summed E-state index contributed by atoms with van der Waals surface area (Å²) in [6, 6.07) is 20.1. The van der Waals surface area contributed by atoms with Crippen LogP contribution in [0.5, 0.6) is 0 Å². The number of sulfone groups is 2. The van der Waals surface area contributed by atoms with E-state index in [4.69, 9.17) is 5.73 Å². The summed E-state index contributed by atoms with van der Waals surface area (Å²) in [5, 5.41) is 0. The fourth-order valence-electron chi connectivity index (χ4n) is 3.60. The molecule has 1 atom stereocenters. The van der Waals surface area contributed by atoms with E-state index in [1.54, 1.807) is 49.4 Å². The number of amides is 1. The Bertz CT molecular complexity index is 1400. The Morgan fingerprint density at radius 1 is 0.794 bits per heavy atom. The van der Waals surface area contributed by atoms with E-state index >= 15 is 0 Å². The van der Waals surface area contributed by atoms with E-state index in [1.165, 1.54) is 36.4 Å². The molecule has 3 aromatic rings. The van der Waals surface area contributed by atoms with Gasteiger partial charge in [0, 0.05) is 11.1 Å². The van der Waals surface area contributed by atoms with Gasteiger partial charge in [0.15, 0.2) is 25.5 Å². The lowest BCUT2D eigenvalue weighted by atomic mass is 9.99. The first-order valence-corrected chi connectivity index (χ1v) is 13.9. The molecular weight excluding hydrogens is 474 g/mol. The average molecular weight is 500 g/mol. The number of aryl methyl sites for hydroxylation is 1. The zero-order valence-electron chi connectivity index (χ0n) is 18.5. The second kappa shape index (κ2) is 10.3. The molecule has 0 saturated heterocycles. The number of hydrogen-bond donors (Lipinski definition) is 1. The number of carbonyl (C=O) groups excluding carboxylic acids is 2. The monoisotopic (exact) mass is 499 g/mol. The Balaban J connectivity index is 1.94. The maximum atomic E-state index is 13.3. The summed E-state index contributed by atoms with van der Waals surface area (Å²) in [5.74, 6) is -4.27. The van der Waals surface area contributed by atoms with E-state index in [0.717, 1.165) is 5.56 Å². The summed E-state index contributed by atoms with van der Waals surface area (Å²) in [5.41, 5.74) is 6.78. The van der Waals surface area contributed by atoms with E-state index < -0.39 is 48.8 Å². The molecule has 0 aliphatic carbocycles. The molecule has 1 amide bonds. The average Bonchev–Trinajstić information content (AvgIpc) is 2.78. The Morgan fingerprint density at radius 2 is 1.41 bits per heavy atom. The molecule has 1 unspecified atom stereocenters. The van der Waals surface area contributed by atoms with Gasteiger partial charge in [-0.15, -0.1) is 0 Å². The van der Waals surface area contributed by atoms with Crippen molar-refractivity contribution < 1.29 is 26.4 Å². The van der Waals surface area contributed by atoms with E-state index in [1.807, 2.05) is 0 Å². The molecule has 0 radical (unpaired) electrons. The molecule has 34 heavy (non-hydrogen) atoms. The van der Waals surface area contributed by atoms with Crippen molar-refractivity contribution in [2.75, 3.05) is 11.5 Å². The third-order valence-corrected chi connectivity index (χ3v) is 8.78. The van der Waals surface area contributed by atoms with Crippen molar-refractivity contribution >= 4 is 31.4 Å². The number of carbonyl (C=O) groups is 2. The first kappa shape index (κ1) is 25.3. The third-order valence-electron chi connectivity index (χ3n) is 5.28. The second-order valence-electron chi connectivity index (χ2n) is 8.14. The number of ketones is 1. The standard InChI is InChI=1S/C25H25NO6S2/c1-18-6-5-9-23(14-18)34(31,32)17-22(16-33(29,30)15-19-7-3-2-4-8-19)24(27)20-10-12-21(13-11-20)25(26)28/h2-14,22H,15-17H2,1H3,(H2,26,28). The summed E-state index contributed by atoms with van der Waals surface area (Å²) < 4.78 is 52.1. The zero-order chi connectivity index (χ0) is 24.9. The number of rotatable bonds is 10. The number of nitrogens with two attached hydrogens (primary N) is 1. The van der Waals surface area contributed by atoms with E-state index in [-0.39, 0.29) is 21.8 Å². The van der Waals surface area contributed by atoms with Gasteiger partial charge in [-0.05, 0) is 42.3 Å². The van der Waals surface area contributed by atoms with Gasteiger partial charge in [0.1, 0.15) is 0 Å². The van der Waals surface area contributed by atoms with Gasteiger partial charge in [0.05, 0.1) is 28.1 Å². The van der Waals surface area contributed by atoms with Crippen molar-refractivity contribution in [3.63, 3.8) is 0 Å². The normalized spacial score (nSPS) is 12.7. The molecule has 3 aromatic carbocycles. The molecule has 0 saturated carbocycles. The molecule has 7 nitrogen and oxygen atoms in total. The largest absolute Gasteiger partial charge is 0.366 e. The van der Waals surface area contributed by atoms with Crippen molar-refractivity contribution in [3.8, 4) is 0 Å². The highest BCUT2D eigenvalue weighted by Gasteiger charge is 2.32. The van der Waals surface area contributed by atoms with E-state index in [9.17, 15) is 26.4 Å². The lowest BCUT2D eigenvalue weighted by Gasteiger charge is -2.17. The Morgan fingerprint density at radius 3 is 2.00 bits per heavy atom. The van der Waals surface area contributed by atoms with Gasteiger partial charge < -0.3 is 5.73 Å². The SMILES string of the molecule is Cc1cccc(S(=O)(=O)CC(CS(=O)(=O)Cc2ccccc2)C(=O)c2ccc(C(N)=O)cc2)c1. The highest BCUT2D eigenvalue weighted by atomic mass is 32.2. The second-order valence-corrected chi connectivity index (χ2v) is 12.3. The van der Waals surface area contributed by atoms with Crippen LogP contribution in [0.3, 0.4) is 0 Å². The summed E-state index contributed by atoms with van der Waals surface area (Å²) in [7, 11) is -7.79. The summed E-state index contributed by atoms with van der Waals surface area (Å²) >= 11 is 0. The first-order chi connectivity index (χ1) is 16.0. The van der Waals surface area contributed by atoms with E-state index in [0.29, 0.717) is 5.56 Å². The number of primary amides is 1. The molecule has 0 aliphatic heterocycles. The Kier molecular flexibility index (Phi) is 7.68. The molecule has 0 spiro atoms. The lowest BCUT2D eigenvalue weighted by Crippen LogP contribution is -2.31. The van der Waals surface area contributed by atoms with Crippen molar-refractivity contribution in [1.29, 1.82) is 0 Å². The Labute approximate surface area is 199 Å². The van der Waals surface area contributed by atoms with Crippen LogP contribution in [0.15, 0.2) is 83.8 Å².